The highest BCUT2D eigenvalue weighted by Crippen LogP contribution is 2.38. The second kappa shape index (κ2) is 7.60. The third-order valence-electron chi connectivity index (χ3n) is 3.74. The van der Waals surface area contributed by atoms with Gasteiger partial charge in [0.15, 0.2) is 0 Å². The van der Waals surface area contributed by atoms with Crippen LogP contribution in [0.25, 0.3) is 0 Å². The average Bonchev–Trinajstić information content (AvgIpc) is 2.35. The first-order chi connectivity index (χ1) is 9.72. The SMILES string of the molecule is NS(=O)(=O)CCNC(=O)NCC1(CC(=O)O)CCCCC1. The molecule has 0 saturated heterocycles. The highest BCUT2D eigenvalue weighted by atomic mass is 32.2. The summed E-state index contributed by atoms with van der Waals surface area (Å²) >= 11 is 0. The van der Waals surface area contributed by atoms with Gasteiger partial charge in [0.05, 0.1) is 12.2 Å². The van der Waals surface area contributed by atoms with Crippen molar-refractivity contribution in [2.24, 2.45) is 10.6 Å². The number of carboxylic acids is 1. The minimum absolute atomic E-state index is 0.0322. The Labute approximate surface area is 124 Å². The van der Waals surface area contributed by atoms with E-state index in [1.54, 1.807) is 0 Å². The second-order valence-electron chi connectivity index (χ2n) is 5.61. The van der Waals surface area contributed by atoms with Crippen LogP contribution in [0.2, 0.25) is 0 Å². The summed E-state index contributed by atoms with van der Waals surface area (Å²) in [5, 5.41) is 18.9. The van der Waals surface area contributed by atoms with Crippen molar-refractivity contribution in [2.45, 2.75) is 38.5 Å². The molecule has 0 radical (unpaired) electrons. The Morgan fingerprint density at radius 1 is 1.14 bits per heavy atom. The van der Waals surface area contributed by atoms with Gasteiger partial charge in [-0.1, -0.05) is 19.3 Å². The van der Waals surface area contributed by atoms with Gasteiger partial charge in [0.25, 0.3) is 0 Å². The number of nitrogens with one attached hydrogen (secondary N) is 2. The van der Waals surface area contributed by atoms with Gasteiger partial charge in [-0.05, 0) is 18.3 Å². The monoisotopic (exact) mass is 321 g/mol. The van der Waals surface area contributed by atoms with E-state index in [4.69, 9.17) is 10.2 Å². The fourth-order valence-corrected chi connectivity index (χ4v) is 3.06. The number of sulfonamides is 1. The number of aliphatic carboxylic acids is 1. The van der Waals surface area contributed by atoms with E-state index in [0.717, 1.165) is 32.1 Å². The molecule has 2 amide bonds. The standard InChI is InChI=1S/C12H23N3O5S/c13-21(19,20)7-6-14-11(18)15-9-12(8-10(16)17)4-2-1-3-5-12/h1-9H2,(H,16,17)(H2,13,19,20)(H2,14,15,18). The smallest absolute Gasteiger partial charge is 0.314 e. The predicted molar refractivity (Wildman–Crippen MR) is 77.1 cm³/mol. The van der Waals surface area contributed by atoms with Crippen molar-refractivity contribution in [1.29, 1.82) is 0 Å². The van der Waals surface area contributed by atoms with E-state index >= 15 is 0 Å². The lowest BCUT2D eigenvalue weighted by molar-refractivity contribution is -0.140. The summed E-state index contributed by atoms with van der Waals surface area (Å²) in [6.45, 7) is 0.205. The zero-order valence-corrected chi connectivity index (χ0v) is 12.7. The molecule has 1 fully saturated rings. The van der Waals surface area contributed by atoms with Crippen LogP contribution in [0.5, 0.6) is 0 Å². The molecule has 1 saturated carbocycles. The summed E-state index contributed by atoms with van der Waals surface area (Å²) in [6, 6.07) is -0.506. The minimum Gasteiger partial charge on any atom is -0.481 e. The van der Waals surface area contributed by atoms with E-state index in [-0.39, 0.29) is 25.3 Å². The lowest BCUT2D eigenvalue weighted by atomic mass is 9.72. The lowest BCUT2D eigenvalue weighted by Gasteiger charge is -2.36. The Morgan fingerprint density at radius 3 is 2.29 bits per heavy atom. The molecule has 1 aliphatic rings. The number of carbonyl (C=O) groups excluding carboxylic acids is 1. The summed E-state index contributed by atoms with van der Waals surface area (Å²) in [6.07, 6.45) is 4.59. The van der Waals surface area contributed by atoms with E-state index in [1.165, 1.54) is 0 Å². The molecular weight excluding hydrogens is 298 g/mol. The summed E-state index contributed by atoms with van der Waals surface area (Å²) in [4.78, 5) is 22.6. The first kappa shape index (κ1) is 17.7. The number of hydrogen-bond donors (Lipinski definition) is 4. The van der Waals surface area contributed by atoms with E-state index < -0.39 is 27.4 Å². The van der Waals surface area contributed by atoms with Crippen LogP contribution in [-0.2, 0) is 14.8 Å². The third kappa shape index (κ3) is 7.28. The number of hydrogen-bond acceptors (Lipinski definition) is 4. The predicted octanol–water partition coefficient (Wildman–Crippen LogP) is -0.000700. The average molecular weight is 321 g/mol. The summed E-state index contributed by atoms with van der Waals surface area (Å²) in [5.74, 6) is -1.20. The Hall–Kier alpha value is -1.35. The maximum Gasteiger partial charge on any atom is 0.314 e. The van der Waals surface area contributed by atoms with Crippen molar-refractivity contribution in [3.8, 4) is 0 Å². The van der Waals surface area contributed by atoms with E-state index in [0.29, 0.717) is 0 Å². The van der Waals surface area contributed by atoms with E-state index in [9.17, 15) is 18.0 Å². The van der Waals surface area contributed by atoms with Crippen molar-refractivity contribution >= 4 is 22.0 Å². The number of amides is 2. The van der Waals surface area contributed by atoms with Crippen LogP contribution in [-0.4, -0.2) is 44.4 Å². The Morgan fingerprint density at radius 2 is 1.76 bits per heavy atom. The molecule has 0 atom stereocenters. The van der Waals surface area contributed by atoms with Gasteiger partial charge >= 0.3 is 12.0 Å². The molecule has 1 rings (SSSR count). The molecule has 0 unspecified atom stereocenters. The zero-order valence-electron chi connectivity index (χ0n) is 11.9. The summed E-state index contributed by atoms with van der Waals surface area (Å²) in [7, 11) is -3.60. The lowest BCUT2D eigenvalue weighted by Crippen LogP contribution is -2.45. The van der Waals surface area contributed by atoms with Crippen molar-refractivity contribution < 1.29 is 23.1 Å². The number of primary sulfonamides is 1. The Kier molecular flexibility index (Phi) is 6.41. The van der Waals surface area contributed by atoms with Crippen molar-refractivity contribution in [1.82, 2.24) is 10.6 Å². The minimum atomic E-state index is -3.60. The molecule has 0 aromatic rings. The fraction of sp³-hybridized carbons (Fsp3) is 0.833. The van der Waals surface area contributed by atoms with Gasteiger partial charge in [-0.2, -0.15) is 0 Å². The maximum absolute atomic E-state index is 11.6. The first-order valence-electron chi connectivity index (χ1n) is 6.96. The van der Waals surface area contributed by atoms with Crippen LogP contribution in [0.4, 0.5) is 4.79 Å². The number of nitrogens with two attached hydrogens (primary N) is 1. The van der Waals surface area contributed by atoms with Gasteiger partial charge in [-0.15, -0.1) is 0 Å². The van der Waals surface area contributed by atoms with E-state index in [2.05, 4.69) is 10.6 Å². The zero-order chi connectivity index (χ0) is 15.9. The van der Waals surface area contributed by atoms with Crippen LogP contribution in [0, 0.1) is 5.41 Å². The molecule has 0 heterocycles. The van der Waals surface area contributed by atoms with Gasteiger partial charge in [-0.3, -0.25) is 4.79 Å². The number of urea groups is 1. The van der Waals surface area contributed by atoms with Crippen LogP contribution in [0.1, 0.15) is 38.5 Å². The fourth-order valence-electron chi connectivity index (χ4n) is 2.68. The van der Waals surface area contributed by atoms with Crippen molar-refractivity contribution in [3.05, 3.63) is 0 Å². The van der Waals surface area contributed by atoms with Crippen LogP contribution in [0.15, 0.2) is 0 Å². The van der Waals surface area contributed by atoms with Crippen LogP contribution < -0.4 is 15.8 Å². The third-order valence-corrected chi connectivity index (χ3v) is 4.51. The first-order valence-corrected chi connectivity index (χ1v) is 8.68. The number of rotatable bonds is 7. The van der Waals surface area contributed by atoms with E-state index in [1.807, 2.05) is 0 Å². The van der Waals surface area contributed by atoms with Crippen LogP contribution >= 0.6 is 0 Å². The molecule has 0 aliphatic heterocycles. The van der Waals surface area contributed by atoms with Crippen LogP contribution in [0.3, 0.4) is 0 Å². The van der Waals surface area contributed by atoms with Crippen molar-refractivity contribution in [2.75, 3.05) is 18.8 Å². The van der Waals surface area contributed by atoms with Gasteiger partial charge in [0.1, 0.15) is 0 Å². The molecule has 0 aromatic heterocycles. The maximum atomic E-state index is 11.6. The molecule has 122 valence electrons. The molecule has 0 spiro atoms. The van der Waals surface area contributed by atoms with Gasteiger partial charge in [0.2, 0.25) is 10.0 Å². The quantitative estimate of drug-likeness (QED) is 0.523. The van der Waals surface area contributed by atoms with Crippen molar-refractivity contribution in [3.63, 3.8) is 0 Å². The molecule has 9 heteroatoms. The number of carboxylic acid groups (broad SMARTS) is 1. The highest BCUT2D eigenvalue weighted by molar-refractivity contribution is 7.89. The second-order valence-corrected chi connectivity index (χ2v) is 7.34. The topological polar surface area (TPSA) is 139 Å². The molecule has 5 N–H and O–H groups in total. The summed E-state index contributed by atoms with van der Waals surface area (Å²) < 4.78 is 21.5. The van der Waals surface area contributed by atoms with Gasteiger partial charge < -0.3 is 15.7 Å². The Balaban J connectivity index is 2.42. The Bertz CT molecular complexity index is 471. The molecule has 1 aliphatic carbocycles. The highest BCUT2D eigenvalue weighted by Gasteiger charge is 2.34. The molecule has 0 bridgehead atoms. The molecule has 21 heavy (non-hydrogen) atoms. The number of carbonyl (C=O) groups is 2. The molecular formula is C12H23N3O5S. The largest absolute Gasteiger partial charge is 0.481 e. The molecule has 0 aromatic carbocycles. The normalized spacial score (nSPS) is 18.0. The summed E-state index contributed by atoms with van der Waals surface area (Å²) in [5.41, 5.74) is -0.401. The molecule has 8 nitrogen and oxygen atoms in total. The van der Waals surface area contributed by atoms with Gasteiger partial charge in [0, 0.05) is 13.1 Å². The van der Waals surface area contributed by atoms with Gasteiger partial charge in [-0.25, -0.2) is 18.4 Å².